The molecule has 2 aromatic rings. The van der Waals surface area contributed by atoms with Crippen LogP contribution >= 0.6 is 0 Å². The second kappa shape index (κ2) is 4.44. The maximum absolute atomic E-state index is 12.2. The summed E-state index contributed by atoms with van der Waals surface area (Å²) >= 11 is 0. The molecule has 1 aromatic heterocycles. The van der Waals surface area contributed by atoms with E-state index in [2.05, 4.69) is 10.1 Å². The highest BCUT2D eigenvalue weighted by molar-refractivity contribution is 6.21. The van der Waals surface area contributed by atoms with Crippen LogP contribution < -0.4 is 5.73 Å². The molecular formula is C13H12N4O3. The van der Waals surface area contributed by atoms with Crippen LogP contribution in [0.4, 0.5) is 5.69 Å². The lowest BCUT2D eigenvalue weighted by molar-refractivity contribution is 0.0653. The van der Waals surface area contributed by atoms with Gasteiger partial charge in [0.1, 0.15) is 0 Å². The summed E-state index contributed by atoms with van der Waals surface area (Å²) in [5.74, 6) is 0.267. The average molecular weight is 272 g/mol. The molecule has 0 fully saturated rings. The topological polar surface area (TPSA) is 102 Å². The third-order valence-electron chi connectivity index (χ3n) is 3.11. The average Bonchev–Trinajstić information content (AvgIpc) is 2.92. The molecule has 1 aliphatic heterocycles. The van der Waals surface area contributed by atoms with Crippen molar-refractivity contribution in [3.63, 3.8) is 0 Å². The summed E-state index contributed by atoms with van der Waals surface area (Å²) in [6, 6.07) is 4.70. The Balaban J connectivity index is 1.79. The molecule has 0 radical (unpaired) electrons. The fourth-order valence-electron chi connectivity index (χ4n) is 2.16. The molecule has 102 valence electrons. The van der Waals surface area contributed by atoms with E-state index in [1.807, 2.05) is 0 Å². The van der Waals surface area contributed by atoms with Gasteiger partial charge in [-0.15, -0.1) is 0 Å². The van der Waals surface area contributed by atoms with Crippen molar-refractivity contribution >= 4 is 17.5 Å². The molecule has 0 bridgehead atoms. The van der Waals surface area contributed by atoms with Crippen molar-refractivity contribution < 1.29 is 14.1 Å². The summed E-state index contributed by atoms with van der Waals surface area (Å²) in [5.41, 5.74) is 6.82. The number of fused-ring (bicyclic) bond motifs is 1. The minimum Gasteiger partial charge on any atom is -0.399 e. The first kappa shape index (κ1) is 12.3. The summed E-state index contributed by atoms with van der Waals surface area (Å²) < 4.78 is 4.96. The van der Waals surface area contributed by atoms with Crippen LogP contribution in [0.5, 0.6) is 0 Å². The van der Waals surface area contributed by atoms with Crippen molar-refractivity contribution in [1.29, 1.82) is 0 Å². The molecule has 7 nitrogen and oxygen atoms in total. The number of amides is 2. The van der Waals surface area contributed by atoms with Gasteiger partial charge >= 0.3 is 0 Å². The summed E-state index contributed by atoms with van der Waals surface area (Å²) in [7, 11) is 0. The van der Waals surface area contributed by atoms with Crippen LogP contribution in [0.2, 0.25) is 0 Å². The van der Waals surface area contributed by atoms with E-state index >= 15 is 0 Å². The summed E-state index contributed by atoms with van der Waals surface area (Å²) in [5, 5.41) is 3.66. The van der Waals surface area contributed by atoms with Crippen LogP contribution in [0.3, 0.4) is 0 Å². The van der Waals surface area contributed by atoms with Gasteiger partial charge in [0.25, 0.3) is 11.8 Å². The first-order chi connectivity index (χ1) is 9.56. The third kappa shape index (κ3) is 1.93. The Morgan fingerprint density at radius 1 is 1.25 bits per heavy atom. The standard InChI is InChI=1S/C13H12N4O3/c1-7-15-11(20-16-7)4-5-17-12(18)9-3-2-8(14)6-10(9)13(17)19/h2-3,6H,4-5,14H2,1H3. The van der Waals surface area contributed by atoms with E-state index in [9.17, 15) is 9.59 Å². The summed E-state index contributed by atoms with van der Waals surface area (Å²) in [6.07, 6.45) is 0.335. The number of imide groups is 1. The third-order valence-corrected chi connectivity index (χ3v) is 3.11. The second-order valence-electron chi connectivity index (χ2n) is 4.55. The smallest absolute Gasteiger partial charge is 0.261 e. The van der Waals surface area contributed by atoms with Crippen molar-refractivity contribution in [2.24, 2.45) is 0 Å². The Morgan fingerprint density at radius 3 is 2.70 bits per heavy atom. The number of nitrogens with two attached hydrogens (primary N) is 1. The molecule has 7 heteroatoms. The zero-order valence-electron chi connectivity index (χ0n) is 10.8. The highest BCUT2D eigenvalue weighted by Gasteiger charge is 2.35. The van der Waals surface area contributed by atoms with E-state index in [4.69, 9.17) is 10.3 Å². The van der Waals surface area contributed by atoms with Gasteiger partial charge in [-0.25, -0.2) is 0 Å². The van der Waals surface area contributed by atoms with E-state index in [-0.39, 0.29) is 18.4 Å². The van der Waals surface area contributed by atoms with Gasteiger partial charge in [0.2, 0.25) is 5.89 Å². The van der Waals surface area contributed by atoms with Crippen LogP contribution in [0.25, 0.3) is 0 Å². The largest absolute Gasteiger partial charge is 0.399 e. The molecule has 0 unspecified atom stereocenters. The van der Waals surface area contributed by atoms with Gasteiger partial charge in [0, 0.05) is 18.7 Å². The molecule has 0 aliphatic carbocycles. The van der Waals surface area contributed by atoms with Gasteiger partial charge in [-0.2, -0.15) is 4.98 Å². The predicted octanol–water partition coefficient (Wildman–Crippen LogP) is 0.799. The quantitative estimate of drug-likeness (QED) is 0.655. The molecule has 0 saturated heterocycles. The predicted molar refractivity (Wildman–Crippen MR) is 69.0 cm³/mol. The summed E-state index contributed by atoms with van der Waals surface area (Å²) in [6.45, 7) is 1.91. The van der Waals surface area contributed by atoms with Crippen LogP contribution in [0.15, 0.2) is 22.7 Å². The van der Waals surface area contributed by atoms with Crippen LogP contribution in [-0.2, 0) is 6.42 Å². The van der Waals surface area contributed by atoms with Crippen molar-refractivity contribution in [2.45, 2.75) is 13.3 Å². The van der Waals surface area contributed by atoms with Gasteiger partial charge < -0.3 is 10.3 Å². The summed E-state index contributed by atoms with van der Waals surface area (Å²) in [4.78, 5) is 29.5. The molecule has 20 heavy (non-hydrogen) atoms. The number of nitrogens with zero attached hydrogens (tertiary/aromatic N) is 3. The maximum atomic E-state index is 12.2. The van der Waals surface area contributed by atoms with E-state index in [0.717, 1.165) is 0 Å². The highest BCUT2D eigenvalue weighted by atomic mass is 16.5. The molecule has 1 aliphatic rings. The maximum Gasteiger partial charge on any atom is 0.261 e. The van der Waals surface area contributed by atoms with Gasteiger partial charge in [0.15, 0.2) is 5.82 Å². The minimum absolute atomic E-state index is 0.202. The van der Waals surface area contributed by atoms with Gasteiger partial charge in [0.05, 0.1) is 11.1 Å². The van der Waals surface area contributed by atoms with E-state index < -0.39 is 0 Å². The number of aromatic nitrogens is 2. The van der Waals surface area contributed by atoms with Crippen molar-refractivity contribution in [3.05, 3.63) is 41.0 Å². The molecule has 2 amide bonds. The lowest BCUT2D eigenvalue weighted by Gasteiger charge is -2.11. The van der Waals surface area contributed by atoms with Crippen LogP contribution in [0, 0.1) is 6.92 Å². The molecule has 0 spiro atoms. The Bertz CT molecular complexity index is 707. The molecule has 2 N–H and O–H groups in total. The number of hydrogen-bond acceptors (Lipinski definition) is 6. The van der Waals surface area contributed by atoms with Crippen molar-refractivity contribution in [1.82, 2.24) is 15.0 Å². The number of hydrogen-bond donors (Lipinski definition) is 1. The fourth-order valence-corrected chi connectivity index (χ4v) is 2.16. The number of carbonyl (C=O) groups is 2. The first-order valence-electron chi connectivity index (χ1n) is 6.11. The van der Waals surface area contributed by atoms with Crippen molar-refractivity contribution in [2.75, 3.05) is 12.3 Å². The number of nitrogen functional groups attached to an aromatic ring is 1. The minimum atomic E-state index is -0.339. The molecule has 1 aromatic carbocycles. The first-order valence-corrected chi connectivity index (χ1v) is 6.11. The lowest BCUT2D eigenvalue weighted by atomic mass is 10.1. The molecule has 3 rings (SSSR count). The Morgan fingerprint density at radius 2 is 2.00 bits per heavy atom. The van der Waals surface area contributed by atoms with E-state index in [0.29, 0.717) is 35.0 Å². The zero-order chi connectivity index (χ0) is 14.3. The Kier molecular flexibility index (Phi) is 2.74. The fraction of sp³-hybridized carbons (Fsp3) is 0.231. The molecule has 0 saturated carbocycles. The normalized spacial score (nSPS) is 13.9. The molecular weight excluding hydrogens is 260 g/mol. The Labute approximate surface area is 114 Å². The lowest BCUT2D eigenvalue weighted by Crippen LogP contribution is -2.31. The van der Waals surface area contributed by atoms with Crippen LogP contribution in [0.1, 0.15) is 32.4 Å². The van der Waals surface area contributed by atoms with Gasteiger partial charge in [-0.3, -0.25) is 14.5 Å². The highest BCUT2D eigenvalue weighted by Crippen LogP contribution is 2.24. The number of rotatable bonds is 3. The van der Waals surface area contributed by atoms with Crippen LogP contribution in [-0.4, -0.2) is 33.4 Å². The number of carbonyl (C=O) groups excluding carboxylic acids is 2. The Hall–Kier alpha value is -2.70. The second-order valence-corrected chi connectivity index (χ2v) is 4.55. The van der Waals surface area contributed by atoms with Crippen molar-refractivity contribution in [3.8, 4) is 0 Å². The number of benzene rings is 1. The number of aryl methyl sites for hydroxylation is 1. The van der Waals surface area contributed by atoms with E-state index in [1.54, 1.807) is 19.1 Å². The SMILES string of the molecule is Cc1noc(CCN2C(=O)c3ccc(N)cc3C2=O)n1. The molecule has 2 heterocycles. The van der Waals surface area contributed by atoms with Gasteiger partial charge in [-0.1, -0.05) is 5.16 Å². The number of anilines is 1. The molecule has 0 atom stereocenters. The monoisotopic (exact) mass is 272 g/mol. The van der Waals surface area contributed by atoms with E-state index in [1.165, 1.54) is 11.0 Å². The van der Waals surface area contributed by atoms with Gasteiger partial charge in [-0.05, 0) is 25.1 Å². The zero-order valence-corrected chi connectivity index (χ0v) is 10.8.